The third kappa shape index (κ3) is 5.05. The molecule has 1 aliphatic rings. The van der Waals surface area contributed by atoms with E-state index in [0.717, 1.165) is 6.07 Å². The molecule has 1 amide bonds. The summed E-state index contributed by atoms with van der Waals surface area (Å²) in [5.74, 6) is -1.09. The maximum atomic E-state index is 14.8. The highest BCUT2D eigenvalue weighted by Gasteiger charge is 2.39. The molecule has 2 aromatic carbocycles. The van der Waals surface area contributed by atoms with Crippen LogP contribution in [-0.2, 0) is 15.1 Å². The van der Waals surface area contributed by atoms with Crippen molar-refractivity contribution >= 4 is 28.3 Å². The molecule has 196 valence electrons. The number of hydrogen-bond donors (Lipinski definition) is 1. The number of pyridine rings is 1. The van der Waals surface area contributed by atoms with Gasteiger partial charge in [0, 0.05) is 55.5 Å². The molecule has 9 heteroatoms. The largest absolute Gasteiger partial charge is 0.378 e. The molecule has 1 fully saturated rings. The highest BCUT2D eigenvalue weighted by atomic mass is 19.3. The van der Waals surface area contributed by atoms with E-state index in [0.29, 0.717) is 53.6 Å². The Kier molecular flexibility index (Phi) is 7.54. The minimum absolute atomic E-state index is 0.0113. The molecular formula is C28H30F3N3O3. The number of nitrogens with one attached hydrogen (secondary N) is 1. The first-order valence-corrected chi connectivity index (χ1v) is 12.2. The summed E-state index contributed by atoms with van der Waals surface area (Å²) in [4.78, 5) is 30.8. The Hall–Kier alpha value is -3.46. The summed E-state index contributed by atoms with van der Waals surface area (Å²) in [5, 5.41) is 3.92. The van der Waals surface area contributed by atoms with E-state index in [1.807, 2.05) is 6.07 Å². The van der Waals surface area contributed by atoms with E-state index in [1.165, 1.54) is 26.0 Å². The van der Waals surface area contributed by atoms with Gasteiger partial charge in [0.2, 0.25) is 5.91 Å². The number of likely N-dealkylation sites (tertiary alicyclic amines) is 1. The number of rotatable bonds is 7. The van der Waals surface area contributed by atoms with Crippen LogP contribution in [0.1, 0.15) is 73.1 Å². The third-order valence-corrected chi connectivity index (χ3v) is 7.29. The van der Waals surface area contributed by atoms with Crippen LogP contribution in [0.5, 0.6) is 0 Å². The Morgan fingerprint density at radius 1 is 1.11 bits per heavy atom. The molecule has 1 saturated heterocycles. The van der Waals surface area contributed by atoms with Crippen LogP contribution in [0.15, 0.2) is 42.6 Å². The number of aromatic nitrogens is 1. The number of amides is 1. The number of ketones is 1. The topological polar surface area (TPSA) is 71.5 Å². The number of methoxy groups -OCH3 is 1. The summed E-state index contributed by atoms with van der Waals surface area (Å²) in [6, 6.07) is 8.65. The number of benzene rings is 2. The number of hydrogen-bond acceptors (Lipinski definition) is 5. The molecule has 1 N–H and O–H groups in total. The van der Waals surface area contributed by atoms with Gasteiger partial charge in [0.25, 0.3) is 6.43 Å². The Balaban J connectivity index is 1.78. The Labute approximate surface area is 213 Å². The van der Waals surface area contributed by atoms with E-state index in [4.69, 9.17) is 4.74 Å². The molecule has 0 unspecified atom stereocenters. The van der Waals surface area contributed by atoms with Gasteiger partial charge in [-0.2, -0.15) is 0 Å². The summed E-state index contributed by atoms with van der Waals surface area (Å²) in [6.07, 6.45) is -0.314. The monoisotopic (exact) mass is 513 g/mol. The number of piperidine rings is 1. The molecule has 0 saturated carbocycles. The third-order valence-electron chi connectivity index (χ3n) is 7.29. The number of carbonyl (C=O) groups is 2. The van der Waals surface area contributed by atoms with Gasteiger partial charge in [0.1, 0.15) is 5.82 Å². The van der Waals surface area contributed by atoms with Gasteiger partial charge in [0.05, 0.1) is 22.7 Å². The van der Waals surface area contributed by atoms with Crippen molar-refractivity contribution in [1.82, 2.24) is 9.88 Å². The SMILES string of the molecule is COC1(c2cc3c(N[C@H](C)c4cccc(C(F)F)c4F)ccnc3cc2C(C)=O)CCN(C(C)=O)CC1. The van der Waals surface area contributed by atoms with Gasteiger partial charge in [-0.05, 0) is 50.5 Å². The normalized spacial score (nSPS) is 16.2. The average Bonchev–Trinajstić information content (AvgIpc) is 2.88. The molecule has 2 heterocycles. The van der Waals surface area contributed by atoms with Crippen molar-refractivity contribution in [2.45, 2.75) is 51.7 Å². The molecule has 3 aromatic rings. The van der Waals surface area contributed by atoms with Crippen molar-refractivity contribution in [1.29, 1.82) is 0 Å². The first-order chi connectivity index (χ1) is 17.6. The molecule has 0 aliphatic carbocycles. The van der Waals surface area contributed by atoms with Crippen molar-refractivity contribution in [3.8, 4) is 0 Å². The molecule has 0 radical (unpaired) electrons. The molecule has 1 atom stereocenters. The first-order valence-electron chi connectivity index (χ1n) is 12.2. The highest BCUT2D eigenvalue weighted by molar-refractivity contribution is 6.02. The molecular weight excluding hydrogens is 483 g/mol. The van der Waals surface area contributed by atoms with Crippen LogP contribution in [0, 0.1) is 5.82 Å². The zero-order valence-electron chi connectivity index (χ0n) is 21.3. The summed E-state index contributed by atoms with van der Waals surface area (Å²) >= 11 is 0. The van der Waals surface area contributed by atoms with Crippen molar-refractivity contribution in [2.24, 2.45) is 0 Å². The summed E-state index contributed by atoms with van der Waals surface area (Å²) in [7, 11) is 1.60. The lowest BCUT2D eigenvalue weighted by Gasteiger charge is -2.41. The summed E-state index contributed by atoms with van der Waals surface area (Å²) < 4.78 is 47.3. The maximum Gasteiger partial charge on any atom is 0.266 e. The van der Waals surface area contributed by atoms with Crippen LogP contribution in [0.2, 0.25) is 0 Å². The standard InChI is InChI=1S/C28H30F3N3O3/c1-16(19-6-5-7-20(26(19)29)27(30)31)33-24-8-11-32-25-15-21(17(2)35)23(14-22(24)25)28(37-4)9-12-34(13-10-28)18(3)36/h5-8,11,14-16,27H,9-10,12-13H2,1-4H3,(H,32,33)/t16-/m1/s1. The van der Waals surface area contributed by atoms with Gasteiger partial charge in [0.15, 0.2) is 5.78 Å². The maximum absolute atomic E-state index is 14.8. The van der Waals surface area contributed by atoms with E-state index in [9.17, 15) is 22.8 Å². The molecule has 0 bridgehead atoms. The van der Waals surface area contributed by atoms with Gasteiger partial charge in [-0.3, -0.25) is 14.6 Å². The fourth-order valence-electron chi connectivity index (χ4n) is 5.14. The quantitative estimate of drug-likeness (QED) is 0.383. The summed E-state index contributed by atoms with van der Waals surface area (Å²) in [5.41, 5.74) is 1.05. The predicted molar refractivity (Wildman–Crippen MR) is 135 cm³/mol. The van der Waals surface area contributed by atoms with Crippen LogP contribution in [0.3, 0.4) is 0 Å². The van der Waals surface area contributed by atoms with Gasteiger partial charge in [-0.25, -0.2) is 13.2 Å². The lowest BCUT2D eigenvalue weighted by Crippen LogP contribution is -2.46. The van der Waals surface area contributed by atoms with Crippen LogP contribution in [0.25, 0.3) is 10.9 Å². The first kappa shape index (κ1) is 26.6. The lowest BCUT2D eigenvalue weighted by atomic mass is 9.80. The number of nitrogens with zero attached hydrogens (tertiary/aromatic N) is 2. The fourth-order valence-corrected chi connectivity index (χ4v) is 5.14. The molecule has 0 spiro atoms. The lowest BCUT2D eigenvalue weighted by molar-refractivity contribution is -0.135. The zero-order chi connectivity index (χ0) is 26.9. The van der Waals surface area contributed by atoms with Crippen molar-refractivity contribution in [3.63, 3.8) is 0 Å². The molecule has 1 aromatic heterocycles. The van der Waals surface area contributed by atoms with Crippen LogP contribution in [-0.4, -0.2) is 41.8 Å². The number of halogens is 3. The number of fused-ring (bicyclic) bond motifs is 1. The minimum atomic E-state index is -2.92. The van der Waals surface area contributed by atoms with Crippen molar-refractivity contribution < 1.29 is 27.5 Å². The number of Topliss-reactive ketones (excluding diaryl/α,β-unsaturated/α-hetero) is 1. The highest BCUT2D eigenvalue weighted by Crippen LogP contribution is 2.41. The fraction of sp³-hybridized carbons (Fsp3) is 0.393. The number of ether oxygens (including phenoxy) is 1. The molecule has 37 heavy (non-hydrogen) atoms. The van der Waals surface area contributed by atoms with Crippen molar-refractivity contribution in [2.75, 3.05) is 25.5 Å². The predicted octanol–water partition coefficient (Wildman–Crippen LogP) is 6.17. The number of alkyl halides is 2. The molecule has 4 rings (SSSR count). The zero-order valence-corrected chi connectivity index (χ0v) is 21.3. The smallest absolute Gasteiger partial charge is 0.266 e. The minimum Gasteiger partial charge on any atom is -0.378 e. The second-order valence-corrected chi connectivity index (χ2v) is 9.45. The molecule has 6 nitrogen and oxygen atoms in total. The van der Waals surface area contributed by atoms with E-state index in [2.05, 4.69) is 10.3 Å². The van der Waals surface area contributed by atoms with E-state index in [1.54, 1.807) is 37.3 Å². The number of carbonyl (C=O) groups excluding carboxylic acids is 2. The molecule has 1 aliphatic heterocycles. The van der Waals surface area contributed by atoms with Gasteiger partial charge >= 0.3 is 0 Å². The van der Waals surface area contributed by atoms with Crippen LogP contribution < -0.4 is 5.32 Å². The number of anilines is 1. The van der Waals surface area contributed by atoms with Gasteiger partial charge < -0.3 is 15.0 Å². The van der Waals surface area contributed by atoms with E-state index < -0.39 is 29.4 Å². The second kappa shape index (κ2) is 10.5. The Morgan fingerprint density at radius 2 is 1.78 bits per heavy atom. The van der Waals surface area contributed by atoms with E-state index >= 15 is 0 Å². The van der Waals surface area contributed by atoms with E-state index in [-0.39, 0.29) is 17.3 Å². The second-order valence-electron chi connectivity index (χ2n) is 9.45. The van der Waals surface area contributed by atoms with Crippen LogP contribution in [0.4, 0.5) is 18.9 Å². The Bertz CT molecular complexity index is 1340. The average molecular weight is 514 g/mol. The van der Waals surface area contributed by atoms with Crippen molar-refractivity contribution in [3.05, 3.63) is 70.7 Å². The van der Waals surface area contributed by atoms with Crippen LogP contribution >= 0.6 is 0 Å². The van der Waals surface area contributed by atoms with Gasteiger partial charge in [-0.1, -0.05) is 18.2 Å². The summed E-state index contributed by atoms with van der Waals surface area (Å²) in [6.45, 7) is 5.70. The van der Waals surface area contributed by atoms with Gasteiger partial charge in [-0.15, -0.1) is 0 Å². The Morgan fingerprint density at radius 3 is 2.38 bits per heavy atom.